The number of nitrogens with zero attached hydrogens (tertiary/aromatic N) is 2. The van der Waals surface area contributed by atoms with E-state index in [2.05, 4.69) is 5.10 Å². The largest absolute Gasteiger partial charge is 0.383 e. The van der Waals surface area contributed by atoms with Crippen molar-refractivity contribution in [2.75, 3.05) is 0 Å². The summed E-state index contributed by atoms with van der Waals surface area (Å²) < 4.78 is 50.9. The maximum atomic E-state index is 12.7. The Balaban J connectivity index is 2.80. The van der Waals surface area contributed by atoms with E-state index in [9.17, 15) is 22.4 Å². The van der Waals surface area contributed by atoms with Crippen molar-refractivity contribution in [3.63, 3.8) is 0 Å². The van der Waals surface area contributed by atoms with Crippen molar-refractivity contribution in [3.05, 3.63) is 17.5 Å². The highest BCUT2D eigenvalue weighted by atomic mass is 19.3. The molecule has 1 unspecified atom stereocenters. The van der Waals surface area contributed by atoms with Gasteiger partial charge in [0.15, 0.2) is 0 Å². The molecule has 0 saturated carbocycles. The van der Waals surface area contributed by atoms with E-state index in [0.717, 1.165) is 0 Å². The van der Waals surface area contributed by atoms with Crippen molar-refractivity contribution in [1.82, 2.24) is 15.1 Å². The van der Waals surface area contributed by atoms with Gasteiger partial charge in [0.05, 0.1) is 12.2 Å². The Morgan fingerprint density at radius 3 is 2.44 bits per heavy atom. The van der Waals surface area contributed by atoms with Crippen molar-refractivity contribution in [2.24, 2.45) is 7.05 Å². The number of carbonyl (C=O) groups excluding carboxylic acids is 1. The van der Waals surface area contributed by atoms with Gasteiger partial charge in [-0.2, -0.15) is 13.9 Å². The molecule has 0 aromatic carbocycles. The lowest BCUT2D eigenvalue weighted by Crippen LogP contribution is -2.46. The molecule has 8 heteroatoms. The first-order chi connectivity index (χ1) is 8.17. The zero-order chi connectivity index (χ0) is 14.1. The highest BCUT2D eigenvalue weighted by Gasteiger charge is 2.49. The molecule has 18 heavy (non-hydrogen) atoms. The number of amides is 1. The Labute approximate surface area is 101 Å². The van der Waals surface area contributed by atoms with Crippen LogP contribution in [-0.2, 0) is 11.8 Å². The molecule has 0 spiro atoms. The monoisotopic (exact) mass is 267 g/mol. The lowest BCUT2D eigenvalue weighted by molar-refractivity contribution is -0.170. The van der Waals surface area contributed by atoms with Crippen LogP contribution in [-0.4, -0.2) is 28.0 Å². The molecule has 1 atom stereocenters. The molecule has 102 valence electrons. The highest BCUT2D eigenvalue weighted by molar-refractivity contribution is 5.84. The number of nitrogens with one attached hydrogen (secondary N) is 1. The van der Waals surface area contributed by atoms with E-state index in [0.29, 0.717) is 11.3 Å². The molecule has 1 rings (SSSR count). The number of carbonyl (C=O) groups is 1. The third kappa shape index (κ3) is 2.62. The highest BCUT2D eigenvalue weighted by Crippen LogP contribution is 2.25. The van der Waals surface area contributed by atoms with E-state index in [1.165, 1.54) is 17.8 Å². The first-order valence-electron chi connectivity index (χ1n) is 5.13. The fourth-order valence-corrected chi connectivity index (χ4v) is 1.41. The lowest BCUT2D eigenvalue weighted by atomic mass is 10.1. The second-order valence-corrected chi connectivity index (χ2v) is 3.93. The predicted molar refractivity (Wildman–Crippen MR) is 55.5 cm³/mol. The maximum absolute atomic E-state index is 12.7. The molecule has 0 aliphatic heterocycles. The summed E-state index contributed by atoms with van der Waals surface area (Å²) in [7, 11) is 1.64. The fourth-order valence-electron chi connectivity index (χ4n) is 1.41. The van der Waals surface area contributed by atoms with Crippen LogP contribution in [0, 0.1) is 6.92 Å². The van der Waals surface area contributed by atoms with Gasteiger partial charge >= 0.3 is 12.3 Å². The molecule has 1 aromatic rings. The molecule has 1 aromatic heterocycles. The smallest absolute Gasteiger partial charge is 0.344 e. The second kappa shape index (κ2) is 4.95. The molecule has 1 amide bonds. The van der Waals surface area contributed by atoms with Crippen LogP contribution < -0.4 is 5.32 Å². The summed E-state index contributed by atoms with van der Waals surface area (Å²) in [6, 6.07) is -0.823. The third-order valence-corrected chi connectivity index (χ3v) is 2.66. The van der Waals surface area contributed by atoms with Crippen LogP contribution >= 0.6 is 0 Å². The Kier molecular flexibility index (Phi) is 3.98. The Hall–Kier alpha value is -1.60. The summed E-state index contributed by atoms with van der Waals surface area (Å²) in [6.07, 6.45) is -2.64. The van der Waals surface area contributed by atoms with E-state index in [1.807, 2.05) is 5.32 Å². The number of halogens is 4. The quantitative estimate of drug-likeness (QED) is 0.846. The zero-order valence-electron chi connectivity index (χ0n) is 10.0. The molecule has 0 aliphatic rings. The Morgan fingerprint density at radius 2 is 2.06 bits per heavy atom. The van der Waals surface area contributed by atoms with Gasteiger partial charge in [0.25, 0.3) is 5.91 Å². The number of hydrogen-bond donors (Lipinski definition) is 1. The van der Waals surface area contributed by atoms with Crippen LogP contribution in [0.5, 0.6) is 0 Å². The first kappa shape index (κ1) is 14.5. The number of hydrogen-bond acceptors (Lipinski definition) is 2. The van der Waals surface area contributed by atoms with Gasteiger partial charge in [-0.3, -0.25) is 9.48 Å². The van der Waals surface area contributed by atoms with Crippen molar-refractivity contribution < 1.29 is 22.4 Å². The molecule has 1 heterocycles. The Bertz CT molecular complexity index is 444. The molecule has 0 aliphatic carbocycles. The third-order valence-electron chi connectivity index (χ3n) is 2.66. The average molecular weight is 267 g/mol. The molecule has 0 saturated heterocycles. The molecule has 0 radical (unpaired) electrons. The van der Waals surface area contributed by atoms with Crippen LogP contribution in [0.4, 0.5) is 17.6 Å². The van der Waals surface area contributed by atoms with Gasteiger partial charge < -0.3 is 5.32 Å². The summed E-state index contributed by atoms with van der Waals surface area (Å²) >= 11 is 0. The molecule has 4 nitrogen and oxygen atoms in total. The van der Waals surface area contributed by atoms with Crippen molar-refractivity contribution >= 4 is 5.91 Å². The molecular formula is C10H13F4N3O. The van der Waals surface area contributed by atoms with Gasteiger partial charge in [0.2, 0.25) is 0 Å². The number of aryl methyl sites for hydroxylation is 1. The predicted octanol–water partition coefficient (Wildman–Crippen LogP) is 1.81. The molecule has 0 fully saturated rings. The minimum Gasteiger partial charge on any atom is -0.344 e. The minimum atomic E-state index is -4.69. The molecule has 1 N–H and O–H groups in total. The average Bonchev–Trinajstić information content (AvgIpc) is 2.59. The number of aromatic nitrogens is 2. The van der Waals surface area contributed by atoms with Crippen LogP contribution in [0.2, 0.25) is 0 Å². The van der Waals surface area contributed by atoms with Crippen LogP contribution in [0.15, 0.2) is 6.20 Å². The molecular weight excluding hydrogens is 254 g/mol. The van der Waals surface area contributed by atoms with E-state index >= 15 is 0 Å². The van der Waals surface area contributed by atoms with Gasteiger partial charge in [-0.25, -0.2) is 8.78 Å². The van der Waals surface area contributed by atoms with Gasteiger partial charge in [0.1, 0.15) is 0 Å². The van der Waals surface area contributed by atoms with E-state index in [1.54, 1.807) is 14.0 Å². The summed E-state index contributed by atoms with van der Waals surface area (Å²) in [5.41, 5.74) is 1.15. The van der Waals surface area contributed by atoms with E-state index in [4.69, 9.17) is 0 Å². The van der Waals surface area contributed by atoms with Gasteiger partial charge in [-0.05, 0) is 13.8 Å². The minimum absolute atomic E-state index is 0.496. The lowest BCUT2D eigenvalue weighted by Gasteiger charge is -2.19. The fraction of sp³-hybridized carbons (Fsp3) is 0.600. The maximum Gasteiger partial charge on any atom is 0.383 e. The van der Waals surface area contributed by atoms with Gasteiger partial charge in [0, 0.05) is 18.3 Å². The van der Waals surface area contributed by atoms with Crippen molar-refractivity contribution in [1.29, 1.82) is 0 Å². The van der Waals surface area contributed by atoms with E-state index in [-0.39, 0.29) is 0 Å². The van der Waals surface area contributed by atoms with Crippen LogP contribution in [0.3, 0.4) is 0 Å². The number of rotatable bonds is 4. The van der Waals surface area contributed by atoms with Crippen molar-refractivity contribution in [2.45, 2.75) is 32.2 Å². The second-order valence-electron chi connectivity index (χ2n) is 3.93. The Morgan fingerprint density at radius 1 is 1.50 bits per heavy atom. The van der Waals surface area contributed by atoms with Gasteiger partial charge in [-0.1, -0.05) is 0 Å². The summed E-state index contributed by atoms with van der Waals surface area (Å²) in [6.45, 7) is 3.10. The SMILES string of the molecule is Cc1c(C(C)NC(=O)C(F)(F)C(F)F)cnn1C. The van der Waals surface area contributed by atoms with Gasteiger partial charge in [-0.15, -0.1) is 0 Å². The van der Waals surface area contributed by atoms with E-state index < -0.39 is 24.3 Å². The van der Waals surface area contributed by atoms with Crippen LogP contribution in [0.25, 0.3) is 0 Å². The summed E-state index contributed by atoms with van der Waals surface area (Å²) in [5, 5.41) is 5.72. The zero-order valence-corrected chi connectivity index (χ0v) is 10.0. The number of alkyl halides is 4. The molecule has 0 bridgehead atoms. The topological polar surface area (TPSA) is 46.9 Å². The first-order valence-corrected chi connectivity index (χ1v) is 5.13. The van der Waals surface area contributed by atoms with Crippen LogP contribution in [0.1, 0.15) is 24.2 Å². The normalized spacial score (nSPS) is 13.8. The van der Waals surface area contributed by atoms with Crippen molar-refractivity contribution in [3.8, 4) is 0 Å². The summed E-state index contributed by atoms with van der Waals surface area (Å²) in [5.74, 6) is -6.68. The summed E-state index contributed by atoms with van der Waals surface area (Å²) in [4.78, 5) is 11.0. The standard InChI is InChI=1S/C10H13F4N3O/c1-5(7-4-15-17(3)6(7)2)16-9(18)10(13,14)8(11)12/h4-5,8H,1-3H3,(H,16,18).